The smallest absolute Gasteiger partial charge is 0.260 e. The molecule has 0 aliphatic carbocycles. The Morgan fingerprint density at radius 1 is 1.28 bits per heavy atom. The number of aromatic nitrogens is 2. The number of hydrogen-bond acceptors (Lipinski definition) is 7. The van der Waals surface area contributed by atoms with E-state index in [-0.39, 0.29) is 24.0 Å². The Hall–Kier alpha value is -3.23. The Bertz CT molecular complexity index is 905. The fraction of sp³-hybridized carbons (Fsp3) is 0.450. The van der Waals surface area contributed by atoms with Crippen LogP contribution in [0.2, 0.25) is 0 Å². The maximum atomic E-state index is 12.7. The Morgan fingerprint density at radius 3 is 2.59 bits per heavy atom. The number of para-hydroxylation sites is 1. The van der Waals surface area contributed by atoms with Gasteiger partial charge in [0.1, 0.15) is 0 Å². The molecule has 0 bridgehead atoms. The number of likely N-dealkylation sites (tertiary alicyclic amines) is 1. The largest absolute Gasteiger partial charge is 0.493 e. The number of methoxy groups -OCH3 is 2. The van der Waals surface area contributed by atoms with Gasteiger partial charge in [-0.15, -0.1) is 0 Å². The average molecular weight is 402 g/mol. The molecule has 2 heterocycles. The minimum absolute atomic E-state index is 0.0146. The highest BCUT2D eigenvalue weighted by Gasteiger charge is 2.29. The summed E-state index contributed by atoms with van der Waals surface area (Å²) in [5.41, 5.74) is 0.496. The summed E-state index contributed by atoms with van der Waals surface area (Å²) in [5.74, 6) is 1.77. The molecule has 2 aromatic rings. The lowest BCUT2D eigenvalue weighted by Crippen LogP contribution is -2.33. The van der Waals surface area contributed by atoms with E-state index in [1.165, 1.54) is 20.3 Å². The van der Waals surface area contributed by atoms with Gasteiger partial charge in [-0.3, -0.25) is 14.6 Å². The molecule has 1 aliphatic heterocycles. The molecule has 3 rings (SSSR count). The third kappa shape index (κ3) is 4.61. The van der Waals surface area contributed by atoms with Gasteiger partial charge >= 0.3 is 0 Å². The molecule has 1 atom stereocenters. The molecule has 1 saturated heterocycles. The van der Waals surface area contributed by atoms with E-state index in [9.17, 15) is 9.59 Å². The van der Waals surface area contributed by atoms with E-state index in [0.717, 1.165) is 6.42 Å². The molecule has 1 aromatic heterocycles. The summed E-state index contributed by atoms with van der Waals surface area (Å²) in [5, 5.41) is 0. The maximum absolute atomic E-state index is 12.7. The number of nitrogens with zero attached hydrogens (tertiary/aromatic N) is 3. The zero-order chi connectivity index (χ0) is 21.0. The predicted molar refractivity (Wildman–Crippen MR) is 108 cm³/mol. The third-order valence-corrected chi connectivity index (χ3v) is 4.85. The summed E-state index contributed by atoms with van der Waals surface area (Å²) in [6.07, 6.45) is 0.743. The van der Waals surface area contributed by atoms with Crippen LogP contribution in [0.25, 0.3) is 0 Å². The van der Waals surface area contributed by atoms with Crippen molar-refractivity contribution in [3.63, 3.8) is 0 Å². The SMILES string of the molecule is COc1cccc(OC)c1OCC(=O)N1CC[C@@H](c2cc(=O)[nH]c(N(C)C)n2)C1. The van der Waals surface area contributed by atoms with Crippen molar-refractivity contribution in [1.29, 1.82) is 0 Å². The second kappa shape index (κ2) is 8.85. The molecule has 9 nitrogen and oxygen atoms in total. The standard InChI is InChI=1S/C20H26N4O5/c1-23(2)20-21-14(10-17(25)22-20)13-8-9-24(11-13)18(26)12-29-19-15(27-3)6-5-7-16(19)28-4/h5-7,10,13H,8-9,11-12H2,1-4H3,(H,21,22,25)/t13-/m1/s1. The average Bonchev–Trinajstić information content (AvgIpc) is 3.21. The van der Waals surface area contributed by atoms with E-state index in [1.54, 1.807) is 28.0 Å². The van der Waals surface area contributed by atoms with Crippen LogP contribution in [0, 0.1) is 0 Å². The Balaban J connectivity index is 1.66. The van der Waals surface area contributed by atoms with Gasteiger partial charge in [-0.25, -0.2) is 4.98 Å². The molecular weight excluding hydrogens is 376 g/mol. The predicted octanol–water partition coefficient (Wildman–Crippen LogP) is 1.25. The van der Waals surface area contributed by atoms with Crippen LogP contribution in [-0.2, 0) is 4.79 Å². The molecule has 0 saturated carbocycles. The van der Waals surface area contributed by atoms with Gasteiger partial charge < -0.3 is 24.0 Å². The highest BCUT2D eigenvalue weighted by molar-refractivity contribution is 5.78. The van der Waals surface area contributed by atoms with E-state index >= 15 is 0 Å². The van der Waals surface area contributed by atoms with Gasteiger partial charge in [0.15, 0.2) is 18.1 Å². The van der Waals surface area contributed by atoms with Crippen molar-refractivity contribution in [3.8, 4) is 17.2 Å². The van der Waals surface area contributed by atoms with Gasteiger partial charge in [0.25, 0.3) is 11.5 Å². The van der Waals surface area contributed by atoms with Crippen LogP contribution in [0.4, 0.5) is 5.95 Å². The van der Waals surface area contributed by atoms with Crippen LogP contribution in [0.1, 0.15) is 18.0 Å². The van der Waals surface area contributed by atoms with E-state index in [1.807, 2.05) is 14.1 Å². The first kappa shape index (κ1) is 20.5. The molecule has 1 N–H and O–H groups in total. The van der Waals surface area contributed by atoms with E-state index in [4.69, 9.17) is 14.2 Å². The first-order valence-electron chi connectivity index (χ1n) is 9.33. The van der Waals surface area contributed by atoms with Gasteiger partial charge in [0.2, 0.25) is 11.7 Å². The second-order valence-electron chi connectivity index (χ2n) is 6.99. The molecule has 0 unspecified atom stereocenters. The van der Waals surface area contributed by atoms with Crippen LogP contribution < -0.4 is 24.7 Å². The number of aromatic amines is 1. The topological polar surface area (TPSA) is 97.0 Å². The molecule has 0 spiro atoms. The number of amides is 1. The normalized spacial score (nSPS) is 15.9. The zero-order valence-electron chi connectivity index (χ0n) is 17.1. The quantitative estimate of drug-likeness (QED) is 0.744. The van der Waals surface area contributed by atoms with Crippen molar-refractivity contribution >= 4 is 11.9 Å². The molecule has 9 heteroatoms. The lowest BCUT2D eigenvalue weighted by Gasteiger charge is -2.19. The Morgan fingerprint density at radius 2 is 1.97 bits per heavy atom. The summed E-state index contributed by atoms with van der Waals surface area (Å²) >= 11 is 0. The van der Waals surface area contributed by atoms with E-state index in [2.05, 4.69) is 9.97 Å². The number of rotatable bonds is 7. The fourth-order valence-electron chi connectivity index (χ4n) is 3.30. The maximum Gasteiger partial charge on any atom is 0.260 e. The number of H-pyrrole nitrogens is 1. The summed E-state index contributed by atoms with van der Waals surface area (Å²) in [4.78, 5) is 35.3. The number of carbonyl (C=O) groups excluding carboxylic acids is 1. The molecule has 0 radical (unpaired) electrons. The highest BCUT2D eigenvalue weighted by atomic mass is 16.5. The zero-order valence-corrected chi connectivity index (χ0v) is 17.1. The van der Waals surface area contributed by atoms with Gasteiger partial charge in [-0.2, -0.15) is 0 Å². The van der Waals surface area contributed by atoms with Gasteiger partial charge in [0.05, 0.1) is 19.9 Å². The van der Waals surface area contributed by atoms with Crippen molar-refractivity contribution in [3.05, 3.63) is 40.3 Å². The fourth-order valence-corrected chi connectivity index (χ4v) is 3.30. The minimum Gasteiger partial charge on any atom is -0.493 e. The first-order valence-corrected chi connectivity index (χ1v) is 9.33. The van der Waals surface area contributed by atoms with Crippen LogP contribution in [0.15, 0.2) is 29.1 Å². The second-order valence-corrected chi connectivity index (χ2v) is 6.99. The third-order valence-electron chi connectivity index (χ3n) is 4.85. The summed E-state index contributed by atoms with van der Waals surface area (Å²) in [7, 11) is 6.70. The molecule has 156 valence electrons. The van der Waals surface area contributed by atoms with Crippen molar-refractivity contribution in [2.24, 2.45) is 0 Å². The van der Waals surface area contributed by atoms with Crippen LogP contribution in [0.3, 0.4) is 0 Å². The number of nitrogens with one attached hydrogen (secondary N) is 1. The molecule has 1 aromatic carbocycles. The van der Waals surface area contributed by atoms with E-state index < -0.39 is 0 Å². The lowest BCUT2D eigenvalue weighted by molar-refractivity contribution is -0.132. The van der Waals surface area contributed by atoms with Crippen molar-refractivity contribution in [2.75, 3.05) is 52.9 Å². The van der Waals surface area contributed by atoms with Crippen LogP contribution >= 0.6 is 0 Å². The summed E-state index contributed by atoms with van der Waals surface area (Å²) in [6, 6.07) is 6.78. The number of hydrogen-bond donors (Lipinski definition) is 1. The first-order chi connectivity index (χ1) is 13.9. The van der Waals surface area contributed by atoms with Crippen molar-refractivity contribution in [1.82, 2.24) is 14.9 Å². The van der Waals surface area contributed by atoms with Crippen molar-refractivity contribution < 1.29 is 19.0 Å². The monoisotopic (exact) mass is 402 g/mol. The van der Waals surface area contributed by atoms with Gasteiger partial charge in [-0.05, 0) is 18.6 Å². The highest BCUT2D eigenvalue weighted by Crippen LogP contribution is 2.36. The van der Waals surface area contributed by atoms with Gasteiger partial charge in [0, 0.05) is 39.2 Å². The molecule has 1 fully saturated rings. The number of carbonyl (C=O) groups is 1. The van der Waals surface area contributed by atoms with Gasteiger partial charge in [-0.1, -0.05) is 6.07 Å². The molecule has 1 amide bonds. The Kier molecular flexibility index (Phi) is 6.26. The van der Waals surface area contributed by atoms with Crippen LogP contribution in [-0.4, -0.2) is 68.8 Å². The van der Waals surface area contributed by atoms with Crippen LogP contribution in [0.5, 0.6) is 17.2 Å². The molecule has 1 aliphatic rings. The number of benzene rings is 1. The molecule has 29 heavy (non-hydrogen) atoms. The number of ether oxygens (including phenoxy) is 3. The van der Waals surface area contributed by atoms with E-state index in [0.29, 0.717) is 42.0 Å². The summed E-state index contributed by atoms with van der Waals surface area (Å²) in [6.45, 7) is 0.950. The lowest BCUT2D eigenvalue weighted by atomic mass is 10.1. The molecular formula is C20H26N4O5. The summed E-state index contributed by atoms with van der Waals surface area (Å²) < 4.78 is 16.3. The number of anilines is 1. The van der Waals surface area contributed by atoms with Crippen molar-refractivity contribution in [2.45, 2.75) is 12.3 Å². The Labute approximate surface area is 169 Å². The minimum atomic E-state index is -0.199.